The first-order valence-corrected chi connectivity index (χ1v) is 8.91. The van der Waals surface area contributed by atoms with E-state index in [2.05, 4.69) is 43.4 Å². The van der Waals surface area contributed by atoms with Gasteiger partial charge in [-0.15, -0.1) is 11.3 Å². The predicted octanol–water partition coefficient (Wildman–Crippen LogP) is 4.13. The molecule has 0 radical (unpaired) electrons. The average Bonchev–Trinajstić information content (AvgIpc) is 2.94. The van der Waals surface area contributed by atoms with E-state index >= 15 is 0 Å². The Morgan fingerprint density at radius 1 is 1.65 bits per heavy atom. The Morgan fingerprint density at radius 3 is 3.12 bits per heavy atom. The predicted molar refractivity (Wildman–Crippen MR) is 84.1 cm³/mol. The summed E-state index contributed by atoms with van der Waals surface area (Å²) in [6.07, 6.45) is 4.59. The van der Waals surface area contributed by atoms with Gasteiger partial charge < -0.3 is 4.90 Å². The van der Waals surface area contributed by atoms with E-state index in [9.17, 15) is 4.79 Å². The van der Waals surface area contributed by atoms with Crippen molar-refractivity contribution in [3.05, 3.63) is 19.9 Å². The molecular weight excluding hydrogens is 413 g/mol. The Bertz CT molecular complexity index is 396. The molecule has 0 spiro atoms. The molecule has 0 aromatic carbocycles. The Morgan fingerprint density at radius 2 is 2.47 bits per heavy atom. The third-order valence-corrected chi connectivity index (χ3v) is 5.47. The molecule has 1 saturated heterocycles. The number of nitrogens with zero attached hydrogens (tertiary/aromatic N) is 1. The molecule has 2 heterocycles. The molecule has 1 aliphatic heterocycles. The highest BCUT2D eigenvalue weighted by atomic mass is 127. The topological polar surface area (TPSA) is 20.3 Å². The van der Waals surface area contributed by atoms with Crippen molar-refractivity contribution in [3.8, 4) is 0 Å². The van der Waals surface area contributed by atoms with E-state index in [1.54, 1.807) is 11.3 Å². The van der Waals surface area contributed by atoms with Gasteiger partial charge in [-0.1, -0.05) is 15.9 Å². The molecule has 5 heteroatoms. The molecule has 94 valence electrons. The van der Waals surface area contributed by atoms with E-state index in [0.29, 0.717) is 6.04 Å². The Balaban J connectivity index is 2.03. The summed E-state index contributed by atoms with van der Waals surface area (Å²) in [5.74, 6) is 0.223. The highest BCUT2D eigenvalue weighted by Crippen LogP contribution is 2.26. The van der Waals surface area contributed by atoms with Crippen LogP contribution in [0, 0.1) is 2.88 Å². The lowest BCUT2D eigenvalue weighted by Gasteiger charge is -2.24. The minimum atomic E-state index is 0.223. The first-order valence-electron chi connectivity index (χ1n) is 5.83. The SMILES string of the molecule is O=C(c1csc(I)c1)N1CCCC1CCCBr. The maximum atomic E-state index is 12.4. The molecule has 1 atom stereocenters. The average molecular weight is 428 g/mol. The van der Waals surface area contributed by atoms with E-state index in [0.717, 1.165) is 36.7 Å². The summed E-state index contributed by atoms with van der Waals surface area (Å²) in [6.45, 7) is 0.929. The third-order valence-electron chi connectivity index (χ3n) is 3.12. The van der Waals surface area contributed by atoms with E-state index in [-0.39, 0.29) is 5.91 Å². The van der Waals surface area contributed by atoms with Crippen LogP contribution in [0.5, 0.6) is 0 Å². The standard InChI is InChI=1S/C12H15BrINOS/c13-5-1-3-10-4-2-6-15(10)12(16)9-7-11(14)17-8-9/h7-8,10H,1-6H2. The fourth-order valence-electron chi connectivity index (χ4n) is 2.30. The number of likely N-dealkylation sites (tertiary alicyclic amines) is 1. The number of thiophene rings is 1. The Labute approximate surface area is 128 Å². The normalized spacial score (nSPS) is 19.9. The molecule has 0 aliphatic carbocycles. The van der Waals surface area contributed by atoms with Crippen LogP contribution in [0.1, 0.15) is 36.0 Å². The second-order valence-corrected chi connectivity index (χ2v) is 7.86. The quantitative estimate of drug-likeness (QED) is 0.522. The molecule has 1 aromatic rings. The zero-order valence-electron chi connectivity index (χ0n) is 9.49. The summed E-state index contributed by atoms with van der Waals surface area (Å²) in [7, 11) is 0. The van der Waals surface area contributed by atoms with Gasteiger partial charge in [-0.25, -0.2) is 0 Å². The van der Waals surface area contributed by atoms with Crippen molar-refractivity contribution in [2.24, 2.45) is 0 Å². The number of amides is 1. The number of rotatable bonds is 4. The van der Waals surface area contributed by atoms with Crippen molar-refractivity contribution >= 4 is 55.8 Å². The van der Waals surface area contributed by atoms with E-state index in [4.69, 9.17) is 0 Å². The second kappa shape index (κ2) is 6.52. The summed E-state index contributed by atoms with van der Waals surface area (Å²) in [5, 5.41) is 3.01. The minimum absolute atomic E-state index is 0.223. The maximum absolute atomic E-state index is 12.4. The molecule has 0 saturated carbocycles. The zero-order valence-corrected chi connectivity index (χ0v) is 14.1. The molecule has 1 unspecified atom stereocenters. The molecule has 17 heavy (non-hydrogen) atoms. The summed E-state index contributed by atoms with van der Waals surface area (Å²) < 4.78 is 1.18. The van der Waals surface area contributed by atoms with Crippen LogP contribution in [-0.2, 0) is 0 Å². The Kier molecular flexibility index (Phi) is 5.29. The summed E-state index contributed by atoms with van der Waals surface area (Å²) in [5.41, 5.74) is 0.866. The zero-order chi connectivity index (χ0) is 12.3. The minimum Gasteiger partial charge on any atom is -0.336 e. The van der Waals surface area contributed by atoms with Gasteiger partial charge in [0.1, 0.15) is 0 Å². The maximum Gasteiger partial charge on any atom is 0.254 e. The van der Waals surface area contributed by atoms with Gasteiger partial charge in [0.15, 0.2) is 0 Å². The lowest BCUT2D eigenvalue weighted by molar-refractivity contribution is 0.0731. The van der Waals surface area contributed by atoms with Crippen LogP contribution >= 0.6 is 49.9 Å². The lowest BCUT2D eigenvalue weighted by atomic mass is 10.1. The number of alkyl halides is 1. The second-order valence-electron chi connectivity index (χ2n) is 4.27. The highest BCUT2D eigenvalue weighted by molar-refractivity contribution is 14.1. The first-order chi connectivity index (χ1) is 8.22. The van der Waals surface area contributed by atoms with Crippen LogP contribution in [0.2, 0.25) is 0 Å². The number of hydrogen-bond acceptors (Lipinski definition) is 2. The van der Waals surface area contributed by atoms with Crippen molar-refractivity contribution in [2.45, 2.75) is 31.7 Å². The van der Waals surface area contributed by atoms with E-state index in [1.807, 2.05) is 11.4 Å². The summed E-state index contributed by atoms with van der Waals surface area (Å²) in [6, 6.07) is 2.45. The molecule has 1 amide bonds. The van der Waals surface area contributed by atoms with Crippen molar-refractivity contribution in [2.75, 3.05) is 11.9 Å². The number of carbonyl (C=O) groups is 1. The van der Waals surface area contributed by atoms with Gasteiger partial charge in [0, 0.05) is 23.3 Å². The molecule has 1 fully saturated rings. The fraction of sp³-hybridized carbons (Fsp3) is 0.583. The molecule has 0 bridgehead atoms. The van der Waals surface area contributed by atoms with Gasteiger partial charge in [-0.2, -0.15) is 0 Å². The summed E-state index contributed by atoms with van der Waals surface area (Å²) in [4.78, 5) is 14.4. The molecular formula is C12H15BrINOS. The third kappa shape index (κ3) is 3.44. The molecule has 2 nitrogen and oxygen atoms in total. The first kappa shape index (κ1) is 13.8. The fourth-order valence-corrected chi connectivity index (χ4v) is 3.95. The van der Waals surface area contributed by atoms with E-state index < -0.39 is 0 Å². The van der Waals surface area contributed by atoms with Crippen molar-refractivity contribution in [3.63, 3.8) is 0 Å². The summed E-state index contributed by atoms with van der Waals surface area (Å²) >= 11 is 7.37. The van der Waals surface area contributed by atoms with E-state index in [1.165, 1.54) is 9.30 Å². The van der Waals surface area contributed by atoms with Gasteiger partial charge in [0.25, 0.3) is 5.91 Å². The van der Waals surface area contributed by atoms with Crippen molar-refractivity contribution in [1.82, 2.24) is 4.90 Å². The molecule has 1 aliphatic rings. The smallest absolute Gasteiger partial charge is 0.254 e. The van der Waals surface area contributed by atoms with Crippen LogP contribution in [0.25, 0.3) is 0 Å². The largest absolute Gasteiger partial charge is 0.336 e. The monoisotopic (exact) mass is 427 g/mol. The highest BCUT2D eigenvalue weighted by Gasteiger charge is 2.29. The molecule has 0 N–H and O–H groups in total. The van der Waals surface area contributed by atoms with Gasteiger partial charge >= 0.3 is 0 Å². The van der Waals surface area contributed by atoms with Gasteiger partial charge in [-0.05, 0) is 54.3 Å². The number of hydrogen-bond donors (Lipinski definition) is 0. The van der Waals surface area contributed by atoms with Gasteiger partial charge in [0.05, 0.1) is 8.45 Å². The van der Waals surface area contributed by atoms with Crippen LogP contribution < -0.4 is 0 Å². The van der Waals surface area contributed by atoms with Crippen LogP contribution in [0.3, 0.4) is 0 Å². The Hall–Kier alpha value is 0.380. The number of carbonyl (C=O) groups excluding carboxylic acids is 1. The van der Waals surface area contributed by atoms with Crippen LogP contribution in [-0.4, -0.2) is 28.7 Å². The van der Waals surface area contributed by atoms with Crippen LogP contribution in [0.15, 0.2) is 11.4 Å². The van der Waals surface area contributed by atoms with Crippen molar-refractivity contribution in [1.29, 1.82) is 0 Å². The van der Waals surface area contributed by atoms with Crippen molar-refractivity contribution < 1.29 is 4.79 Å². The lowest BCUT2D eigenvalue weighted by Crippen LogP contribution is -2.35. The van der Waals surface area contributed by atoms with Crippen LogP contribution in [0.4, 0.5) is 0 Å². The van der Waals surface area contributed by atoms with Gasteiger partial charge in [0.2, 0.25) is 0 Å². The van der Waals surface area contributed by atoms with Gasteiger partial charge in [-0.3, -0.25) is 4.79 Å². The molecule has 2 rings (SSSR count). The number of halogens is 2. The molecule has 1 aromatic heterocycles.